The quantitative estimate of drug-likeness (QED) is 0.621. The number of hydrogen-bond donors (Lipinski definition) is 2. The Morgan fingerprint density at radius 2 is 1.66 bits per heavy atom. The molecule has 8 heteroatoms. The van der Waals surface area contributed by atoms with Crippen LogP contribution in [0.2, 0.25) is 0 Å². The molecule has 0 radical (unpaired) electrons. The Morgan fingerprint density at radius 3 is 2.31 bits per heavy atom. The van der Waals surface area contributed by atoms with Crippen molar-refractivity contribution in [3.8, 4) is 5.75 Å². The van der Waals surface area contributed by atoms with Crippen molar-refractivity contribution in [1.82, 2.24) is 4.72 Å². The Kier molecular flexibility index (Phi) is 7.44. The molecule has 1 amide bonds. The molecule has 2 N–H and O–H groups in total. The van der Waals surface area contributed by atoms with Gasteiger partial charge in [-0.15, -0.1) is 0 Å². The van der Waals surface area contributed by atoms with Gasteiger partial charge in [-0.1, -0.05) is 19.3 Å². The minimum absolute atomic E-state index is 0.00534. The lowest BCUT2D eigenvalue weighted by molar-refractivity contribution is 0.0679. The largest absolute Gasteiger partial charge is 0.491 e. The van der Waals surface area contributed by atoms with Gasteiger partial charge in [-0.25, -0.2) is 13.1 Å². The van der Waals surface area contributed by atoms with Gasteiger partial charge in [0.15, 0.2) is 0 Å². The molecule has 1 saturated carbocycles. The molecule has 2 fully saturated rings. The second kappa shape index (κ2) is 10.5. The Labute approximate surface area is 189 Å². The second-order valence-corrected chi connectivity index (χ2v) is 10.1. The summed E-state index contributed by atoms with van der Waals surface area (Å²) in [6.07, 6.45) is 7.26. The van der Waals surface area contributed by atoms with Crippen molar-refractivity contribution < 1.29 is 22.7 Å². The molecule has 1 heterocycles. The molecule has 32 heavy (non-hydrogen) atoms. The van der Waals surface area contributed by atoms with Crippen LogP contribution in [-0.4, -0.2) is 39.7 Å². The third-order valence-corrected chi connectivity index (χ3v) is 7.46. The SMILES string of the molecule is O=C(Nc1ccc(S(=O)(=O)NC2CCCCC2)cc1)c1ccc(OCC2CCCO2)cc1. The van der Waals surface area contributed by atoms with Gasteiger partial charge in [-0.3, -0.25) is 4.79 Å². The van der Waals surface area contributed by atoms with Crippen LogP contribution < -0.4 is 14.8 Å². The van der Waals surface area contributed by atoms with E-state index in [0.717, 1.165) is 51.6 Å². The second-order valence-electron chi connectivity index (χ2n) is 8.41. The van der Waals surface area contributed by atoms with Crippen molar-refractivity contribution >= 4 is 21.6 Å². The maximum absolute atomic E-state index is 12.6. The van der Waals surface area contributed by atoms with Crippen LogP contribution in [0.1, 0.15) is 55.3 Å². The van der Waals surface area contributed by atoms with Crippen LogP contribution >= 0.6 is 0 Å². The van der Waals surface area contributed by atoms with E-state index in [2.05, 4.69) is 10.0 Å². The number of carbonyl (C=O) groups excluding carboxylic acids is 1. The highest BCUT2D eigenvalue weighted by Gasteiger charge is 2.22. The van der Waals surface area contributed by atoms with Crippen molar-refractivity contribution in [1.29, 1.82) is 0 Å². The summed E-state index contributed by atoms with van der Waals surface area (Å²) in [5, 5.41) is 2.80. The summed E-state index contributed by atoms with van der Waals surface area (Å²) in [6, 6.07) is 13.2. The molecule has 2 aliphatic rings. The molecule has 0 bridgehead atoms. The van der Waals surface area contributed by atoms with E-state index in [9.17, 15) is 13.2 Å². The predicted octanol–water partition coefficient (Wildman–Crippen LogP) is 4.11. The zero-order chi connectivity index (χ0) is 22.4. The van der Waals surface area contributed by atoms with Gasteiger partial charge in [0, 0.05) is 23.9 Å². The van der Waals surface area contributed by atoms with Crippen molar-refractivity contribution in [3.63, 3.8) is 0 Å². The monoisotopic (exact) mass is 458 g/mol. The van der Waals surface area contributed by atoms with Gasteiger partial charge in [-0.05, 0) is 74.2 Å². The zero-order valence-corrected chi connectivity index (χ0v) is 18.9. The number of benzene rings is 2. The molecule has 7 nitrogen and oxygen atoms in total. The Hall–Kier alpha value is -2.42. The molecule has 1 aliphatic carbocycles. The summed E-state index contributed by atoms with van der Waals surface area (Å²) in [5.74, 6) is 0.420. The van der Waals surface area contributed by atoms with E-state index in [1.165, 1.54) is 12.1 Å². The fourth-order valence-corrected chi connectivity index (χ4v) is 5.40. The number of anilines is 1. The van der Waals surface area contributed by atoms with E-state index in [0.29, 0.717) is 23.6 Å². The van der Waals surface area contributed by atoms with Gasteiger partial charge in [0.1, 0.15) is 12.4 Å². The van der Waals surface area contributed by atoms with E-state index in [1.54, 1.807) is 36.4 Å². The summed E-state index contributed by atoms with van der Waals surface area (Å²) >= 11 is 0. The van der Waals surface area contributed by atoms with Crippen molar-refractivity contribution in [3.05, 3.63) is 54.1 Å². The highest BCUT2D eigenvalue weighted by atomic mass is 32.2. The normalized spacial score (nSPS) is 19.6. The molecule has 1 aliphatic heterocycles. The topological polar surface area (TPSA) is 93.7 Å². The lowest BCUT2D eigenvalue weighted by Crippen LogP contribution is -2.36. The van der Waals surface area contributed by atoms with Crippen LogP contribution in [-0.2, 0) is 14.8 Å². The fraction of sp³-hybridized carbons (Fsp3) is 0.458. The third kappa shape index (κ3) is 6.09. The zero-order valence-electron chi connectivity index (χ0n) is 18.1. The molecular weight excluding hydrogens is 428 g/mol. The maximum atomic E-state index is 12.6. The van der Waals surface area contributed by atoms with Crippen LogP contribution in [0, 0.1) is 0 Å². The first-order valence-electron chi connectivity index (χ1n) is 11.3. The number of rotatable bonds is 8. The molecule has 0 spiro atoms. The number of ether oxygens (including phenoxy) is 2. The number of amides is 1. The third-order valence-electron chi connectivity index (χ3n) is 5.93. The van der Waals surface area contributed by atoms with Crippen molar-refractivity contribution in [2.75, 3.05) is 18.5 Å². The van der Waals surface area contributed by atoms with Gasteiger partial charge in [0.2, 0.25) is 10.0 Å². The number of nitrogens with one attached hydrogen (secondary N) is 2. The van der Waals surface area contributed by atoms with Crippen molar-refractivity contribution in [2.24, 2.45) is 0 Å². The molecule has 1 unspecified atom stereocenters. The Morgan fingerprint density at radius 1 is 0.938 bits per heavy atom. The van der Waals surface area contributed by atoms with Gasteiger partial charge < -0.3 is 14.8 Å². The molecule has 2 aromatic rings. The molecular formula is C24H30N2O5S. The van der Waals surface area contributed by atoms with Gasteiger partial charge in [-0.2, -0.15) is 0 Å². The molecule has 1 saturated heterocycles. The van der Waals surface area contributed by atoms with Crippen LogP contribution in [0.4, 0.5) is 5.69 Å². The fourth-order valence-electron chi connectivity index (χ4n) is 4.10. The first kappa shape index (κ1) is 22.8. The molecule has 1 atom stereocenters. The van der Waals surface area contributed by atoms with Crippen molar-refractivity contribution in [2.45, 2.75) is 62.0 Å². The predicted molar refractivity (Wildman–Crippen MR) is 123 cm³/mol. The number of hydrogen-bond acceptors (Lipinski definition) is 5. The van der Waals surface area contributed by atoms with Crippen LogP contribution in [0.5, 0.6) is 5.75 Å². The smallest absolute Gasteiger partial charge is 0.255 e. The van der Waals surface area contributed by atoms with Gasteiger partial charge in [0.25, 0.3) is 5.91 Å². The average molecular weight is 459 g/mol. The van der Waals surface area contributed by atoms with E-state index in [-0.39, 0.29) is 22.9 Å². The molecule has 172 valence electrons. The Balaban J connectivity index is 1.31. The van der Waals surface area contributed by atoms with Crippen LogP contribution in [0.15, 0.2) is 53.4 Å². The molecule has 0 aromatic heterocycles. The van der Waals surface area contributed by atoms with E-state index < -0.39 is 10.0 Å². The summed E-state index contributed by atoms with van der Waals surface area (Å²) in [4.78, 5) is 12.7. The molecule has 2 aromatic carbocycles. The number of sulfonamides is 1. The average Bonchev–Trinajstić information content (AvgIpc) is 3.32. The highest BCUT2D eigenvalue weighted by molar-refractivity contribution is 7.89. The molecule has 4 rings (SSSR count). The maximum Gasteiger partial charge on any atom is 0.255 e. The van der Waals surface area contributed by atoms with Crippen LogP contribution in [0.3, 0.4) is 0 Å². The van der Waals surface area contributed by atoms with E-state index in [4.69, 9.17) is 9.47 Å². The first-order chi connectivity index (χ1) is 15.5. The van der Waals surface area contributed by atoms with E-state index >= 15 is 0 Å². The standard InChI is InChI=1S/C24H30N2O5S/c27-24(18-8-12-21(13-9-18)31-17-22-7-4-16-30-22)25-19-10-14-23(15-11-19)32(28,29)26-20-5-2-1-3-6-20/h8-15,20,22,26H,1-7,16-17H2,(H,25,27). The Bertz CT molecular complexity index is 994. The van der Waals surface area contributed by atoms with E-state index in [1.807, 2.05) is 0 Å². The lowest BCUT2D eigenvalue weighted by atomic mass is 9.96. The summed E-state index contributed by atoms with van der Waals surface area (Å²) in [6.45, 7) is 1.30. The summed E-state index contributed by atoms with van der Waals surface area (Å²) in [5.41, 5.74) is 1.02. The first-order valence-corrected chi connectivity index (χ1v) is 12.8. The van der Waals surface area contributed by atoms with Gasteiger partial charge >= 0.3 is 0 Å². The van der Waals surface area contributed by atoms with Gasteiger partial charge in [0.05, 0.1) is 11.0 Å². The lowest BCUT2D eigenvalue weighted by Gasteiger charge is -2.22. The minimum atomic E-state index is -3.56. The number of carbonyl (C=O) groups is 1. The summed E-state index contributed by atoms with van der Waals surface area (Å²) in [7, 11) is -3.56. The summed E-state index contributed by atoms with van der Waals surface area (Å²) < 4.78 is 39.3. The highest BCUT2D eigenvalue weighted by Crippen LogP contribution is 2.21. The van der Waals surface area contributed by atoms with Crippen LogP contribution in [0.25, 0.3) is 0 Å². The minimum Gasteiger partial charge on any atom is -0.491 e.